The summed E-state index contributed by atoms with van der Waals surface area (Å²) >= 11 is 0. The van der Waals surface area contributed by atoms with E-state index in [1.807, 2.05) is 19.1 Å². The van der Waals surface area contributed by atoms with Crippen LogP contribution in [0.5, 0.6) is 0 Å². The average molecular weight is 425 g/mol. The Bertz CT molecular complexity index is 929. The molecule has 1 N–H and O–H groups in total. The van der Waals surface area contributed by atoms with Crippen LogP contribution in [0.25, 0.3) is 0 Å². The molecule has 31 heavy (non-hydrogen) atoms. The molecular formula is C23H27N3O5. The average Bonchev–Trinajstić information content (AvgIpc) is 3.32. The molecule has 2 aromatic rings. The molecule has 1 saturated heterocycles. The second-order valence-electron chi connectivity index (χ2n) is 7.83. The smallest absolute Gasteiger partial charge is 0.261 e. The maximum absolute atomic E-state index is 12.4. The third-order valence-electron chi connectivity index (χ3n) is 5.73. The number of nitrogens with zero attached hydrogens (tertiary/aromatic N) is 2. The standard InChI is InChI=1S/C23H27N3O5/c1-16-8-9-20(31-16)19(25-11-13-30-14-12-25)15-24-21(27)7-4-10-26-22(28)17-5-2-3-6-18(17)23(26)29/h2-3,5-6,8-9,19H,4,7,10-15H2,1H3,(H,24,27)/t19-/m0/s1. The van der Waals surface area contributed by atoms with E-state index in [0.29, 0.717) is 37.3 Å². The van der Waals surface area contributed by atoms with Crippen LogP contribution in [0.1, 0.15) is 51.1 Å². The van der Waals surface area contributed by atoms with Gasteiger partial charge in [0.1, 0.15) is 11.5 Å². The van der Waals surface area contributed by atoms with Crippen LogP contribution in [0, 0.1) is 6.92 Å². The molecule has 1 atom stereocenters. The maximum Gasteiger partial charge on any atom is 0.261 e. The van der Waals surface area contributed by atoms with E-state index in [1.165, 1.54) is 4.90 Å². The predicted octanol–water partition coefficient (Wildman–Crippen LogP) is 2.15. The summed E-state index contributed by atoms with van der Waals surface area (Å²) < 4.78 is 11.3. The van der Waals surface area contributed by atoms with Crippen molar-refractivity contribution in [1.29, 1.82) is 0 Å². The summed E-state index contributed by atoms with van der Waals surface area (Å²) in [6.07, 6.45) is 0.653. The number of furan rings is 1. The molecule has 8 nitrogen and oxygen atoms in total. The Kier molecular flexibility index (Phi) is 6.48. The Balaban J connectivity index is 1.28. The molecule has 0 spiro atoms. The second-order valence-corrected chi connectivity index (χ2v) is 7.83. The number of imide groups is 1. The lowest BCUT2D eigenvalue weighted by atomic mass is 10.1. The summed E-state index contributed by atoms with van der Waals surface area (Å²) in [5.41, 5.74) is 0.859. The maximum atomic E-state index is 12.4. The van der Waals surface area contributed by atoms with E-state index in [0.717, 1.165) is 24.6 Å². The lowest BCUT2D eigenvalue weighted by Crippen LogP contribution is -2.43. The van der Waals surface area contributed by atoms with E-state index in [-0.39, 0.29) is 36.7 Å². The second kappa shape index (κ2) is 9.45. The van der Waals surface area contributed by atoms with Crippen molar-refractivity contribution in [3.63, 3.8) is 0 Å². The van der Waals surface area contributed by atoms with Gasteiger partial charge in [0.15, 0.2) is 0 Å². The Labute approximate surface area is 181 Å². The third kappa shape index (κ3) is 4.70. The van der Waals surface area contributed by atoms with Crippen molar-refractivity contribution >= 4 is 17.7 Å². The highest BCUT2D eigenvalue weighted by Crippen LogP contribution is 2.24. The van der Waals surface area contributed by atoms with E-state index >= 15 is 0 Å². The fourth-order valence-electron chi connectivity index (χ4n) is 4.07. The summed E-state index contributed by atoms with van der Waals surface area (Å²) in [5, 5.41) is 2.98. The first-order valence-electron chi connectivity index (χ1n) is 10.6. The van der Waals surface area contributed by atoms with Gasteiger partial charge in [-0.25, -0.2) is 0 Å². The highest BCUT2D eigenvalue weighted by atomic mass is 16.5. The Morgan fingerprint density at radius 1 is 1.06 bits per heavy atom. The summed E-state index contributed by atoms with van der Waals surface area (Å²) in [4.78, 5) is 40.7. The molecule has 2 aliphatic rings. The fourth-order valence-corrected chi connectivity index (χ4v) is 4.07. The zero-order valence-electron chi connectivity index (χ0n) is 17.6. The van der Waals surface area contributed by atoms with Crippen molar-refractivity contribution < 1.29 is 23.5 Å². The number of ether oxygens (including phenoxy) is 1. The van der Waals surface area contributed by atoms with Crippen LogP contribution in [0.2, 0.25) is 0 Å². The number of hydrogen-bond acceptors (Lipinski definition) is 6. The molecule has 1 aromatic heterocycles. The van der Waals surface area contributed by atoms with E-state index in [1.54, 1.807) is 24.3 Å². The summed E-state index contributed by atoms with van der Waals surface area (Å²) in [6, 6.07) is 10.6. The van der Waals surface area contributed by atoms with Crippen LogP contribution in [0.3, 0.4) is 0 Å². The van der Waals surface area contributed by atoms with Gasteiger partial charge in [0, 0.05) is 32.6 Å². The minimum Gasteiger partial charge on any atom is -0.465 e. The quantitative estimate of drug-likeness (QED) is 0.652. The zero-order chi connectivity index (χ0) is 21.8. The number of carbonyl (C=O) groups is 3. The highest BCUT2D eigenvalue weighted by molar-refractivity contribution is 6.21. The molecule has 164 valence electrons. The van der Waals surface area contributed by atoms with Gasteiger partial charge < -0.3 is 14.5 Å². The number of amides is 3. The van der Waals surface area contributed by atoms with Gasteiger partial charge in [-0.15, -0.1) is 0 Å². The third-order valence-corrected chi connectivity index (χ3v) is 5.73. The number of fused-ring (bicyclic) bond motifs is 1. The summed E-state index contributed by atoms with van der Waals surface area (Å²) in [7, 11) is 0. The highest BCUT2D eigenvalue weighted by Gasteiger charge is 2.34. The Morgan fingerprint density at radius 3 is 2.35 bits per heavy atom. The SMILES string of the molecule is Cc1ccc([C@H](CNC(=O)CCCN2C(=O)c3ccccc3C2=O)N2CCOCC2)o1. The molecule has 0 radical (unpaired) electrons. The molecule has 8 heteroatoms. The first kappa shape index (κ1) is 21.3. The number of benzene rings is 1. The van der Waals surface area contributed by atoms with Gasteiger partial charge in [0.2, 0.25) is 5.91 Å². The molecule has 3 heterocycles. The number of morpholine rings is 1. The zero-order valence-corrected chi connectivity index (χ0v) is 17.6. The molecule has 0 aliphatic carbocycles. The number of carbonyl (C=O) groups excluding carboxylic acids is 3. The first-order valence-corrected chi connectivity index (χ1v) is 10.6. The van der Waals surface area contributed by atoms with Gasteiger partial charge in [0.05, 0.1) is 30.4 Å². The van der Waals surface area contributed by atoms with Crippen molar-refractivity contribution in [2.45, 2.75) is 25.8 Å². The van der Waals surface area contributed by atoms with Gasteiger partial charge in [-0.05, 0) is 37.6 Å². The van der Waals surface area contributed by atoms with E-state index in [9.17, 15) is 14.4 Å². The summed E-state index contributed by atoms with van der Waals surface area (Å²) in [5.74, 6) is 0.965. The lowest BCUT2D eigenvalue weighted by molar-refractivity contribution is -0.121. The van der Waals surface area contributed by atoms with Crippen LogP contribution in [0.15, 0.2) is 40.8 Å². The molecule has 0 bridgehead atoms. The van der Waals surface area contributed by atoms with Crippen molar-refractivity contribution in [3.8, 4) is 0 Å². The molecular weight excluding hydrogens is 398 g/mol. The van der Waals surface area contributed by atoms with Crippen molar-refractivity contribution in [2.75, 3.05) is 39.4 Å². The molecule has 2 aliphatic heterocycles. The summed E-state index contributed by atoms with van der Waals surface area (Å²) in [6.45, 7) is 5.43. The number of nitrogens with one attached hydrogen (secondary N) is 1. The van der Waals surface area contributed by atoms with Crippen LogP contribution in [0.4, 0.5) is 0 Å². The van der Waals surface area contributed by atoms with Crippen molar-refractivity contribution in [1.82, 2.24) is 15.1 Å². The minimum atomic E-state index is -0.290. The molecule has 1 aromatic carbocycles. The van der Waals surface area contributed by atoms with Gasteiger partial charge in [0.25, 0.3) is 11.8 Å². The topological polar surface area (TPSA) is 92.1 Å². The van der Waals surface area contributed by atoms with E-state index < -0.39 is 0 Å². The van der Waals surface area contributed by atoms with Crippen LogP contribution < -0.4 is 5.32 Å². The first-order chi connectivity index (χ1) is 15.0. The minimum absolute atomic E-state index is 0.0576. The Hall–Kier alpha value is -2.97. The van der Waals surface area contributed by atoms with Gasteiger partial charge in [-0.3, -0.25) is 24.2 Å². The van der Waals surface area contributed by atoms with E-state index in [2.05, 4.69) is 10.2 Å². The monoisotopic (exact) mass is 425 g/mol. The molecule has 0 saturated carbocycles. The molecule has 0 unspecified atom stereocenters. The van der Waals surface area contributed by atoms with Crippen molar-refractivity contribution in [3.05, 3.63) is 59.0 Å². The number of hydrogen-bond donors (Lipinski definition) is 1. The molecule has 3 amide bonds. The fraction of sp³-hybridized carbons (Fsp3) is 0.435. The van der Waals surface area contributed by atoms with E-state index in [4.69, 9.17) is 9.15 Å². The van der Waals surface area contributed by atoms with Gasteiger partial charge in [-0.1, -0.05) is 12.1 Å². The lowest BCUT2D eigenvalue weighted by Gasteiger charge is -2.33. The number of aryl methyl sites for hydroxylation is 1. The number of rotatable bonds is 8. The normalized spacial score (nSPS) is 17.6. The largest absolute Gasteiger partial charge is 0.465 e. The molecule has 1 fully saturated rings. The van der Waals surface area contributed by atoms with Gasteiger partial charge in [-0.2, -0.15) is 0 Å². The predicted molar refractivity (Wildman–Crippen MR) is 113 cm³/mol. The van der Waals surface area contributed by atoms with Crippen LogP contribution in [-0.2, 0) is 9.53 Å². The van der Waals surface area contributed by atoms with Crippen molar-refractivity contribution in [2.24, 2.45) is 0 Å². The van der Waals surface area contributed by atoms with Crippen LogP contribution in [-0.4, -0.2) is 66.9 Å². The van der Waals surface area contributed by atoms with Crippen LogP contribution >= 0.6 is 0 Å². The Morgan fingerprint density at radius 2 is 1.74 bits per heavy atom. The molecule has 4 rings (SSSR count). The van der Waals surface area contributed by atoms with Gasteiger partial charge >= 0.3 is 0 Å².